The van der Waals surface area contributed by atoms with E-state index < -0.39 is 10.1 Å². The molecule has 10 heteroatoms. The van der Waals surface area contributed by atoms with E-state index in [1.165, 1.54) is 6.07 Å². The largest absolute Gasteiger partial charge is 0.324 e. The van der Waals surface area contributed by atoms with Crippen LogP contribution in [0.25, 0.3) is 10.8 Å². The summed E-state index contributed by atoms with van der Waals surface area (Å²) >= 11 is 11.4. The average molecular weight is 371 g/mol. The van der Waals surface area contributed by atoms with E-state index in [4.69, 9.17) is 23.2 Å². The van der Waals surface area contributed by atoms with Crippen molar-refractivity contribution in [2.45, 2.75) is 4.90 Å². The maximum Gasteiger partial charge on any atom is 0.295 e. The van der Waals surface area contributed by atoms with Gasteiger partial charge in [0.05, 0.1) is 0 Å². The van der Waals surface area contributed by atoms with Crippen LogP contribution in [0.3, 0.4) is 0 Å². The fourth-order valence-corrected chi connectivity index (χ4v) is 3.18. The van der Waals surface area contributed by atoms with Crippen molar-refractivity contribution in [3.63, 3.8) is 0 Å². The zero-order valence-electron chi connectivity index (χ0n) is 11.2. The minimum absolute atomic E-state index is 0.0477. The first-order chi connectivity index (χ1) is 10.8. The lowest BCUT2D eigenvalue weighted by molar-refractivity contribution is 0.484. The first kappa shape index (κ1) is 15.9. The molecule has 3 rings (SSSR count). The third-order valence-corrected chi connectivity index (χ3v) is 4.17. The van der Waals surface area contributed by atoms with Crippen molar-refractivity contribution in [3.8, 4) is 0 Å². The Balaban J connectivity index is 2.15. The maximum atomic E-state index is 11.6. The molecule has 0 bridgehead atoms. The lowest BCUT2D eigenvalue weighted by atomic mass is 10.1. The quantitative estimate of drug-likeness (QED) is 0.681. The standard InChI is InChI=1S/C13H8Cl2N4O3S/c14-11-17-12(15)19-13(18-11)16-8-5-7-3-1-2-4-9(7)10(6-8)23(20,21)22/h1-6H,(H,20,21,22)(H,16,17,18,19). The number of benzene rings is 2. The van der Waals surface area contributed by atoms with Crippen molar-refractivity contribution in [3.05, 3.63) is 47.0 Å². The monoisotopic (exact) mass is 370 g/mol. The van der Waals surface area contributed by atoms with Gasteiger partial charge in [0.15, 0.2) is 0 Å². The first-order valence-electron chi connectivity index (χ1n) is 6.17. The van der Waals surface area contributed by atoms with Gasteiger partial charge in [-0.3, -0.25) is 4.55 Å². The van der Waals surface area contributed by atoms with Crippen LogP contribution in [0.1, 0.15) is 0 Å². The molecule has 0 saturated heterocycles. The summed E-state index contributed by atoms with van der Waals surface area (Å²) in [6.45, 7) is 0. The van der Waals surface area contributed by atoms with Crippen molar-refractivity contribution in [1.29, 1.82) is 0 Å². The Hall–Kier alpha value is -2.00. The van der Waals surface area contributed by atoms with Gasteiger partial charge < -0.3 is 5.32 Å². The number of aromatic nitrogens is 3. The molecule has 2 N–H and O–H groups in total. The molecule has 0 spiro atoms. The minimum Gasteiger partial charge on any atom is -0.324 e. The van der Waals surface area contributed by atoms with Crippen LogP contribution in [-0.4, -0.2) is 27.9 Å². The van der Waals surface area contributed by atoms with Gasteiger partial charge in [-0.1, -0.05) is 24.3 Å². The normalized spacial score (nSPS) is 11.6. The van der Waals surface area contributed by atoms with Crippen molar-refractivity contribution < 1.29 is 13.0 Å². The lowest BCUT2D eigenvalue weighted by Gasteiger charge is -2.10. The fraction of sp³-hybridized carbons (Fsp3) is 0. The fourth-order valence-electron chi connectivity index (χ4n) is 2.07. The second-order valence-electron chi connectivity index (χ2n) is 4.49. The van der Waals surface area contributed by atoms with Crippen LogP contribution in [0, 0.1) is 0 Å². The molecule has 0 aliphatic rings. The van der Waals surface area contributed by atoms with Gasteiger partial charge in [0.2, 0.25) is 16.5 Å². The Kier molecular flexibility index (Phi) is 4.07. The lowest BCUT2D eigenvalue weighted by Crippen LogP contribution is -2.03. The van der Waals surface area contributed by atoms with Gasteiger partial charge in [0.1, 0.15) is 4.90 Å². The molecule has 0 radical (unpaired) electrons. The molecule has 0 amide bonds. The molecule has 1 heterocycles. The van der Waals surface area contributed by atoms with Crippen molar-refractivity contribution >= 4 is 55.7 Å². The summed E-state index contributed by atoms with van der Waals surface area (Å²) in [5.74, 6) is 0.0477. The molecule has 23 heavy (non-hydrogen) atoms. The highest BCUT2D eigenvalue weighted by Crippen LogP contribution is 2.28. The van der Waals surface area contributed by atoms with E-state index in [2.05, 4.69) is 20.3 Å². The van der Waals surface area contributed by atoms with Crippen LogP contribution >= 0.6 is 23.2 Å². The van der Waals surface area contributed by atoms with Gasteiger partial charge in [-0.05, 0) is 40.7 Å². The van der Waals surface area contributed by atoms with Gasteiger partial charge in [-0.2, -0.15) is 23.4 Å². The summed E-state index contributed by atoms with van der Waals surface area (Å²) in [7, 11) is -4.41. The topological polar surface area (TPSA) is 105 Å². The smallest absolute Gasteiger partial charge is 0.295 e. The molecule has 3 aromatic rings. The highest BCUT2D eigenvalue weighted by atomic mass is 35.5. The van der Waals surface area contributed by atoms with Gasteiger partial charge in [0.25, 0.3) is 10.1 Å². The Bertz CT molecular complexity index is 991. The molecule has 0 unspecified atom stereocenters. The minimum atomic E-state index is -4.41. The molecule has 0 aliphatic heterocycles. The van der Waals surface area contributed by atoms with E-state index >= 15 is 0 Å². The van der Waals surface area contributed by atoms with E-state index in [9.17, 15) is 13.0 Å². The second-order valence-corrected chi connectivity index (χ2v) is 6.56. The third kappa shape index (κ3) is 3.50. The van der Waals surface area contributed by atoms with Crippen LogP contribution in [-0.2, 0) is 10.1 Å². The number of nitrogens with one attached hydrogen (secondary N) is 1. The summed E-state index contributed by atoms with van der Waals surface area (Å²) in [5.41, 5.74) is 0.342. The van der Waals surface area contributed by atoms with Crippen molar-refractivity contribution in [2.75, 3.05) is 5.32 Å². The molecule has 0 aliphatic carbocycles. The number of halogens is 2. The summed E-state index contributed by atoms with van der Waals surface area (Å²) in [6, 6.07) is 9.67. The van der Waals surface area contributed by atoms with Crippen LogP contribution in [0.5, 0.6) is 0 Å². The number of hydrogen-bond acceptors (Lipinski definition) is 6. The van der Waals surface area contributed by atoms with Gasteiger partial charge in [-0.15, -0.1) is 0 Å². The maximum absolute atomic E-state index is 11.6. The van der Waals surface area contributed by atoms with Crippen molar-refractivity contribution in [2.24, 2.45) is 0 Å². The molecule has 0 saturated carbocycles. The van der Waals surface area contributed by atoms with Crippen LogP contribution < -0.4 is 5.32 Å². The van der Waals surface area contributed by atoms with E-state index in [0.29, 0.717) is 16.5 Å². The Morgan fingerprint density at radius 2 is 1.65 bits per heavy atom. The molecule has 0 atom stereocenters. The van der Waals surface area contributed by atoms with Gasteiger partial charge in [-0.25, -0.2) is 0 Å². The molecule has 0 fully saturated rings. The number of anilines is 2. The number of hydrogen-bond donors (Lipinski definition) is 2. The average Bonchev–Trinajstić information content (AvgIpc) is 2.44. The predicted octanol–water partition coefficient (Wildman–Crippen LogP) is 3.32. The van der Waals surface area contributed by atoms with E-state index in [-0.39, 0.29) is 21.4 Å². The van der Waals surface area contributed by atoms with Crippen LogP contribution in [0.15, 0.2) is 41.3 Å². The van der Waals surface area contributed by atoms with E-state index in [1.54, 1.807) is 30.3 Å². The number of nitrogens with zero attached hydrogens (tertiary/aromatic N) is 3. The summed E-state index contributed by atoms with van der Waals surface area (Å²) in [6.07, 6.45) is 0. The first-order valence-corrected chi connectivity index (χ1v) is 8.37. The Morgan fingerprint density at radius 3 is 2.30 bits per heavy atom. The van der Waals surface area contributed by atoms with Crippen LogP contribution in [0.4, 0.5) is 11.6 Å². The molecule has 118 valence electrons. The Labute approximate surface area is 141 Å². The van der Waals surface area contributed by atoms with Crippen molar-refractivity contribution in [1.82, 2.24) is 15.0 Å². The zero-order chi connectivity index (χ0) is 16.6. The van der Waals surface area contributed by atoms with E-state index in [1.807, 2.05) is 0 Å². The molecule has 7 nitrogen and oxygen atoms in total. The number of fused-ring (bicyclic) bond motifs is 1. The second kappa shape index (κ2) is 5.89. The summed E-state index contributed by atoms with van der Waals surface area (Å²) < 4.78 is 32.6. The van der Waals surface area contributed by atoms with E-state index in [0.717, 1.165) is 0 Å². The van der Waals surface area contributed by atoms with Gasteiger partial charge >= 0.3 is 0 Å². The highest BCUT2D eigenvalue weighted by Gasteiger charge is 2.16. The molecule has 2 aromatic carbocycles. The SMILES string of the molecule is O=S(=O)(O)c1cc(Nc2nc(Cl)nc(Cl)n2)cc2ccccc12. The van der Waals surface area contributed by atoms with Gasteiger partial charge in [0, 0.05) is 11.1 Å². The number of rotatable bonds is 3. The molecular formula is C13H8Cl2N4O3S. The zero-order valence-corrected chi connectivity index (χ0v) is 13.6. The highest BCUT2D eigenvalue weighted by molar-refractivity contribution is 7.86. The summed E-state index contributed by atoms with van der Waals surface area (Å²) in [5, 5.41) is 3.57. The molecule has 1 aromatic heterocycles. The predicted molar refractivity (Wildman–Crippen MR) is 86.9 cm³/mol. The van der Waals surface area contributed by atoms with Crippen LogP contribution in [0.2, 0.25) is 10.6 Å². The third-order valence-electron chi connectivity index (χ3n) is 2.94. The Morgan fingerprint density at radius 1 is 1.00 bits per heavy atom. The molecular weight excluding hydrogens is 363 g/mol. The summed E-state index contributed by atoms with van der Waals surface area (Å²) in [4.78, 5) is 11.1.